The van der Waals surface area contributed by atoms with Gasteiger partial charge in [-0.3, -0.25) is 4.79 Å². The molecule has 2 nitrogen and oxygen atoms in total. The van der Waals surface area contributed by atoms with Crippen molar-refractivity contribution in [3.63, 3.8) is 0 Å². The molecule has 1 aliphatic carbocycles. The van der Waals surface area contributed by atoms with Crippen LogP contribution in [0.2, 0.25) is 0 Å². The van der Waals surface area contributed by atoms with E-state index in [4.69, 9.17) is 5.73 Å². The molecule has 0 aliphatic heterocycles. The van der Waals surface area contributed by atoms with Crippen LogP contribution in [0.5, 0.6) is 0 Å². The monoisotopic (exact) mass is 315 g/mol. The fourth-order valence-electron chi connectivity index (χ4n) is 2.49. The quantitative estimate of drug-likeness (QED) is 0.867. The second-order valence-corrected chi connectivity index (χ2v) is 7.30. The highest BCUT2D eigenvalue weighted by molar-refractivity contribution is 9.11. The highest BCUT2D eigenvalue weighted by atomic mass is 79.9. The third-order valence-corrected chi connectivity index (χ3v) is 5.08. The van der Waals surface area contributed by atoms with Crippen molar-refractivity contribution in [2.24, 2.45) is 11.7 Å². The summed E-state index contributed by atoms with van der Waals surface area (Å²) >= 11 is 5.07. The number of nitrogens with two attached hydrogens (primary N) is 1. The Kier molecular flexibility index (Phi) is 4.77. The topological polar surface area (TPSA) is 43.1 Å². The van der Waals surface area contributed by atoms with Crippen LogP contribution in [-0.4, -0.2) is 11.8 Å². The van der Waals surface area contributed by atoms with Gasteiger partial charge in [-0.1, -0.05) is 19.3 Å². The molecule has 1 aromatic heterocycles. The Labute approximate surface area is 115 Å². The summed E-state index contributed by atoms with van der Waals surface area (Å²) in [5.41, 5.74) is 6.11. The minimum Gasteiger partial charge on any atom is -0.327 e. The number of Topliss-reactive ketones (excluding diaryl/α,β-unsaturated/α-hetero) is 1. The lowest BCUT2D eigenvalue weighted by atomic mass is 9.89. The van der Waals surface area contributed by atoms with Gasteiger partial charge in [-0.15, -0.1) is 11.3 Å². The van der Waals surface area contributed by atoms with Gasteiger partial charge in [-0.25, -0.2) is 0 Å². The summed E-state index contributed by atoms with van der Waals surface area (Å²) in [5.74, 6) is 0.409. The molecule has 0 bridgehead atoms. The maximum Gasteiger partial charge on any atom is 0.142 e. The lowest BCUT2D eigenvalue weighted by Gasteiger charge is -2.19. The van der Waals surface area contributed by atoms with Crippen LogP contribution < -0.4 is 5.73 Å². The van der Waals surface area contributed by atoms with Crippen molar-refractivity contribution in [2.75, 3.05) is 0 Å². The van der Waals surface area contributed by atoms with Crippen molar-refractivity contribution in [3.05, 3.63) is 20.8 Å². The number of rotatable bonds is 3. The first-order chi connectivity index (χ1) is 8.16. The summed E-state index contributed by atoms with van der Waals surface area (Å²) in [6.07, 6.45) is 6.08. The number of hydrogen-bond acceptors (Lipinski definition) is 3. The number of hydrogen-bond donors (Lipinski definition) is 1. The maximum absolute atomic E-state index is 12.3. The molecule has 1 aromatic rings. The summed E-state index contributed by atoms with van der Waals surface area (Å²) in [5, 5.41) is 0. The molecule has 1 heterocycles. The van der Waals surface area contributed by atoms with Gasteiger partial charge < -0.3 is 5.73 Å². The van der Waals surface area contributed by atoms with E-state index in [1.807, 2.05) is 12.1 Å². The molecular formula is C13H18BrNOS. The van der Waals surface area contributed by atoms with Crippen LogP contribution in [0, 0.1) is 5.92 Å². The van der Waals surface area contributed by atoms with Crippen LogP contribution in [-0.2, 0) is 11.2 Å². The second-order valence-electron chi connectivity index (χ2n) is 4.76. The average molecular weight is 316 g/mol. The first kappa shape index (κ1) is 13.2. The third kappa shape index (κ3) is 3.63. The molecule has 0 spiro atoms. The van der Waals surface area contributed by atoms with E-state index in [0.29, 0.717) is 12.2 Å². The van der Waals surface area contributed by atoms with Gasteiger partial charge in [-0.05, 0) is 40.9 Å². The SMILES string of the molecule is NC1CCCCCC1C(=O)Cc1ccc(Br)s1. The summed E-state index contributed by atoms with van der Waals surface area (Å²) in [6, 6.07) is 4.10. The van der Waals surface area contributed by atoms with Gasteiger partial charge in [0, 0.05) is 23.3 Å². The fraction of sp³-hybridized carbons (Fsp3) is 0.615. The van der Waals surface area contributed by atoms with Gasteiger partial charge in [0.05, 0.1) is 3.79 Å². The average Bonchev–Trinajstić information content (AvgIpc) is 2.57. The zero-order chi connectivity index (χ0) is 12.3. The Morgan fingerprint density at radius 1 is 1.35 bits per heavy atom. The van der Waals surface area contributed by atoms with E-state index in [0.717, 1.165) is 27.9 Å². The number of ketones is 1. The summed E-state index contributed by atoms with van der Waals surface area (Å²) in [6.45, 7) is 0. The van der Waals surface area contributed by atoms with Crippen molar-refractivity contribution >= 4 is 33.0 Å². The van der Waals surface area contributed by atoms with Crippen LogP contribution in [0.25, 0.3) is 0 Å². The minimum atomic E-state index is 0.0772. The summed E-state index contributed by atoms with van der Waals surface area (Å²) in [7, 11) is 0. The lowest BCUT2D eigenvalue weighted by molar-refractivity contribution is -0.122. The van der Waals surface area contributed by atoms with E-state index >= 15 is 0 Å². The molecule has 0 radical (unpaired) electrons. The smallest absolute Gasteiger partial charge is 0.142 e. The third-order valence-electron chi connectivity index (χ3n) is 3.46. The number of carbonyl (C=O) groups excluding carboxylic acids is 1. The summed E-state index contributed by atoms with van der Waals surface area (Å²) < 4.78 is 1.09. The molecule has 0 saturated heterocycles. The molecule has 1 aliphatic rings. The number of carbonyl (C=O) groups is 1. The Morgan fingerprint density at radius 3 is 2.82 bits per heavy atom. The van der Waals surface area contributed by atoms with Crippen LogP contribution in [0.15, 0.2) is 15.9 Å². The molecule has 2 N–H and O–H groups in total. The molecule has 17 heavy (non-hydrogen) atoms. The molecule has 94 valence electrons. The zero-order valence-corrected chi connectivity index (χ0v) is 12.2. The van der Waals surface area contributed by atoms with Gasteiger partial charge in [-0.2, -0.15) is 0 Å². The molecule has 0 amide bonds. The Morgan fingerprint density at radius 2 is 2.12 bits per heavy atom. The molecule has 1 fully saturated rings. The van der Waals surface area contributed by atoms with Crippen molar-refractivity contribution in [1.29, 1.82) is 0 Å². The lowest BCUT2D eigenvalue weighted by Crippen LogP contribution is -2.35. The Bertz CT molecular complexity index is 391. The van der Waals surface area contributed by atoms with E-state index in [1.165, 1.54) is 12.8 Å². The Balaban J connectivity index is 1.98. The molecule has 0 aromatic carbocycles. The summed E-state index contributed by atoms with van der Waals surface area (Å²) in [4.78, 5) is 13.4. The van der Waals surface area contributed by atoms with Crippen molar-refractivity contribution in [2.45, 2.75) is 44.6 Å². The fourth-order valence-corrected chi connectivity index (χ4v) is 3.98. The normalized spacial score (nSPS) is 25.5. The first-order valence-electron chi connectivity index (χ1n) is 6.19. The van der Waals surface area contributed by atoms with Gasteiger partial charge in [0.15, 0.2) is 0 Å². The zero-order valence-electron chi connectivity index (χ0n) is 9.82. The van der Waals surface area contributed by atoms with E-state index in [-0.39, 0.29) is 12.0 Å². The molecule has 1 saturated carbocycles. The predicted molar refractivity (Wildman–Crippen MR) is 75.3 cm³/mol. The number of halogens is 1. The van der Waals surface area contributed by atoms with Crippen LogP contribution in [0.4, 0.5) is 0 Å². The van der Waals surface area contributed by atoms with Crippen molar-refractivity contribution in [1.82, 2.24) is 0 Å². The molecule has 2 unspecified atom stereocenters. The number of thiophene rings is 1. The largest absolute Gasteiger partial charge is 0.327 e. The van der Waals surface area contributed by atoms with Gasteiger partial charge in [0.2, 0.25) is 0 Å². The van der Waals surface area contributed by atoms with E-state index in [1.54, 1.807) is 11.3 Å². The highest BCUT2D eigenvalue weighted by Crippen LogP contribution is 2.27. The molecular weight excluding hydrogens is 298 g/mol. The molecule has 4 heteroatoms. The van der Waals surface area contributed by atoms with Gasteiger partial charge >= 0.3 is 0 Å². The predicted octanol–water partition coefficient (Wildman–Crippen LogP) is 3.53. The van der Waals surface area contributed by atoms with E-state index in [9.17, 15) is 4.79 Å². The van der Waals surface area contributed by atoms with Crippen LogP contribution >= 0.6 is 27.3 Å². The minimum absolute atomic E-state index is 0.0772. The van der Waals surface area contributed by atoms with Gasteiger partial charge in [0.25, 0.3) is 0 Å². The second kappa shape index (κ2) is 6.12. The Hall–Kier alpha value is -0.190. The van der Waals surface area contributed by atoms with Gasteiger partial charge in [0.1, 0.15) is 5.78 Å². The maximum atomic E-state index is 12.3. The van der Waals surface area contributed by atoms with E-state index in [2.05, 4.69) is 15.9 Å². The van der Waals surface area contributed by atoms with Crippen molar-refractivity contribution in [3.8, 4) is 0 Å². The van der Waals surface area contributed by atoms with E-state index < -0.39 is 0 Å². The van der Waals surface area contributed by atoms with Crippen molar-refractivity contribution < 1.29 is 4.79 Å². The van der Waals surface area contributed by atoms with Crippen LogP contribution in [0.1, 0.15) is 37.0 Å². The molecule has 2 atom stereocenters. The first-order valence-corrected chi connectivity index (χ1v) is 7.80. The van der Waals surface area contributed by atoms with Crippen LogP contribution in [0.3, 0.4) is 0 Å². The molecule has 2 rings (SSSR count). The highest BCUT2D eigenvalue weighted by Gasteiger charge is 2.26. The standard InChI is InChI=1S/C13H18BrNOS/c14-13-7-6-9(17-13)8-12(16)10-4-2-1-3-5-11(10)15/h6-7,10-11H,1-5,8,15H2.